The molecular formula is C19H15Cl2F3O2. The van der Waals surface area contributed by atoms with E-state index in [1.54, 1.807) is 32.0 Å². The first-order valence-electron chi connectivity index (χ1n) is 7.85. The molecular weight excluding hydrogens is 388 g/mol. The summed E-state index contributed by atoms with van der Waals surface area (Å²) in [5.74, 6) is -4.85. The second-order valence-corrected chi connectivity index (χ2v) is 8.14. The molecule has 2 aromatic carbocycles. The summed E-state index contributed by atoms with van der Waals surface area (Å²) >= 11 is 12.1. The number of hydrogen-bond acceptors (Lipinski definition) is 2. The van der Waals surface area contributed by atoms with Gasteiger partial charge in [0.1, 0.15) is 28.4 Å². The molecule has 0 amide bonds. The fourth-order valence-corrected chi connectivity index (χ4v) is 3.79. The zero-order chi connectivity index (χ0) is 19.3. The SMILES string of the molecule is CC1(C)C(C(=O)OCc2c(F)cc(F)c(-c3ccccc3)c2F)C1(Cl)Cl. The maximum absolute atomic E-state index is 14.7. The van der Waals surface area contributed by atoms with E-state index in [-0.39, 0.29) is 11.1 Å². The van der Waals surface area contributed by atoms with Crippen molar-refractivity contribution in [1.82, 2.24) is 0 Å². The van der Waals surface area contributed by atoms with Crippen LogP contribution in [0.2, 0.25) is 0 Å². The normalized spacial score (nSPS) is 19.9. The summed E-state index contributed by atoms with van der Waals surface area (Å²) in [4.78, 5) is 12.1. The number of alkyl halides is 2. The number of benzene rings is 2. The summed E-state index contributed by atoms with van der Waals surface area (Å²) in [6.45, 7) is 2.68. The van der Waals surface area contributed by atoms with Crippen LogP contribution in [0.3, 0.4) is 0 Å². The summed E-state index contributed by atoms with van der Waals surface area (Å²) in [7, 11) is 0. The number of ether oxygens (including phenoxy) is 1. The van der Waals surface area contributed by atoms with Crippen LogP contribution in [0.4, 0.5) is 13.2 Å². The lowest BCUT2D eigenvalue weighted by molar-refractivity contribution is -0.147. The second kappa shape index (κ2) is 6.46. The lowest BCUT2D eigenvalue weighted by Gasteiger charge is -2.12. The van der Waals surface area contributed by atoms with Crippen molar-refractivity contribution in [2.24, 2.45) is 11.3 Å². The molecule has 0 aliphatic heterocycles. The van der Waals surface area contributed by atoms with E-state index in [9.17, 15) is 18.0 Å². The van der Waals surface area contributed by atoms with E-state index >= 15 is 0 Å². The minimum absolute atomic E-state index is 0.249. The topological polar surface area (TPSA) is 26.3 Å². The molecule has 2 aromatic rings. The Morgan fingerprint density at radius 2 is 1.69 bits per heavy atom. The molecule has 2 nitrogen and oxygen atoms in total. The third kappa shape index (κ3) is 2.97. The molecule has 1 aliphatic rings. The summed E-state index contributed by atoms with van der Waals surface area (Å²) in [5.41, 5.74) is -1.37. The fourth-order valence-electron chi connectivity index (χ4n) is 2.96. The third-order valence-corrected chi connectivity index (χ3v) is 6.19. The van der Waals surface area contributed by atoms with E-state index in [0.717, 1.165) is 0 Å². The van der Waals surface area contributed by atoms with Crippen molar-refractivity contribution in [3.05, 3.63) is 59.4 Å². The van der Waals surface area contributed by atoms with Crippen molar-refractivity contribution >= 4 is 29.2 Å². The van der Waals surface area contributed by atoms with Crippen LogP contribution in [0.5, 0.6) is 0 Å². The van der Waals surface area contributed by atoms with E-state index in [2.05, 4.69) is 0 Å². The van der Waals surface area contributed by atoms with Crippen molar-refractivity contribution in [3.63, 3.8) is 0 Å². The van der Waals surface area contributed by atoms with Crippen LogP contribution in [0, 0.1) is 28.8 Å². The van der Waals surface area contributed by atoms with Crippen LogP contribution in [0.25, 0.3) is 11.1 Å². The lowest BCUT2D eigenvalue weighted by atomic mass is 10.0. The van der Waals surface area contributed by atoms with Crippen LogP contribution >= 0.6 is 23.2 Å². The van der Waals surface area contributed by atoms with Gasteiger partial charge in [-0.25, -0.2) is 13.2 Å². The monoisotopic (exact) mass is 402 g/mol. The summed E-state index contributed by atoms with van der Waals surface area (Å²) in [6, 6.07) is 8.46. The van der Waals surface area contributed by atoms with Crippen molar-refractivity contribution in [2.45, 2.75) is 24.8 Å². The molecule has 0 N–H and O–H groups in total. The van der Waals surface area contributed by atoms with Crippen molar-refractivity contribution in [1.29, 1.82) is 0 Å². The number of carbonyl (C=O) groups is 1. The van der Waals surface area contributed by atoms with Gasteiger partial charge in [-0.15, -0.1) is 23.2 Å². The van der Waals surface area contributed by atoms with E-state index in [4.69, 9.17) is 27.9 Å². The van der Waals surface area contributed by atoms with Crippen LogP contribution < -0.4 is 0 Å². The standard InChI is InChI=1S/C19H15Cl2F3O2/c1-18(2)16(19(18,20)21)17(25)26-9-11-12(22)8-13(23)14(15(11)24)10-6-4-3-5-7-10/h3-8,16H,9H2,1-2H3. The van der Waals surface area contributed by atoms with Gasteiger partial charge in [-0.3, -0.25) is 4.79 Å². The van der Waals surface area contributed by atoms with Gasteiger partial charge in [0.25, 0.3) is 0 Å². The summed E-state index contributed by atoms with van der Waals surface area (Å²) < 4.78 is 46.6. The Bertz CT molecular complexity index is 853. The second-order valence-electron chi connectivity index (χ2n) is 6.76. The molecule has 1 unspecified atom stereocenters. The van der Waals surface area contributed by atoms with Gasteiger partial charge in [0.2, 0.25) is 0 Å². The van der Waals surface area contributed by atoms with Crippen LogP contribution in [0.15, 0.2) is 36.4 Å². The Balaban J connectivity index is 1.86. The van der Waals surface area contributed by atoms with Gasteiger partial charge in [0, 0.05) is 11.5 Å². The first-order valence-corrected chi connectivity index (χ1v) is 8.61. The first kappa shape index (κ1) is 19.1. The Kier molecular flexibility index (Phi) is 4.74. The van der Waals surface area contributed by atoms with Gasteiger partial charge >= 0.3 is 5.97 Å². The summed E-state index contributed by atoms with van der Waals surface area (Å²) in [5, 5.41) is 0. The average molecular weight is 403 g/mol. The van der Waals surface area contributed by atoms with Gasteiger partial charge in [-0.2, -0.15) is 0 Å². The van der Waals surface area contributed by atoms with Gasteiger partial charge < -0.3 is 4.74 Å². The highest BCUT2D eigenvalue weighted by molar-refractivity contribution is 6.53. The maximum atomic E-state index is 14.7. The molecule has 7 heteroatoms. The minimum Gasteiger partial charge on any atom is -0.460 e. The molecule has 0 radical (unpaired) electrons. The lowest BCUT2D eigenvalue weighted by Crippen LogP contribution is -2.13. The molecule has 1 atom stereocenters. The number of esters is 1. The molecule has 0 saturated heterocycles. The molecule has 26 heavy (non-hydrogen) atoms. The van der Waals surface area contributed by atoms with Crippen LogP contribution in [-0.2, 0) is 16.1 Å². The van der Waals surface area contributed by atoms with Gasteiger partial charge in [0.15, 0.2) is 0 Å². The molecule has 0 aromatic heterocycles. The Morgan fingerprint density at radius 1 is 1.12 bits per heavy atom. The number of hydrogen-bond donors (Lipinski definition) is 0. The molecule has 1 saturated carbocycles. The highest BCUT2D eigenvalue weighted by atomic mass is 35.5. The molecule has 1 aliphatic carbocycles. The zero-order valence-electron chi connectivity index (χ0n) is 14.0. The van der Waals surface area contributed by atoms with Gasteiger partial charge in [-0.05, 0) is 5.56 Å². The summed E-state index contributed by atoms with van der Waals surface area (Å²) in [6.07, 6.45) is 0. The Hall–Kier alpha value is -1.72. The van der Waals surface area contributed by atoms with Crippen molar-refractivity contribution in [2.75, 3.05) is 0 Å². The number of halogens is 5. The van der Waals surface area contributed by atoms with E-state index in [1.165, 1.54) is 12.1 Å². The quantitative estimate of drug-likeness (QED) is 0.488. The van der Waals surface area contributed by atoms with Gasteiger partial charge in [-0.1, -0.05) is 44.2 Å². The predicted octanol–water partition coefficient (Wildman–Crippen LogP) is 5.64. The molecule has 0 spiro atoms. The minimum atomic E-state index is -1.29. The number of rotatable bonds is 4. The molecule has 0 heterocycles. The van der Waals surface area contributed by atoms with E-state index in [1.807, 2.05) is 0 Å². The highest BCUT2D eigenvalue weighted by Gasteiger charge is 2.74. The average Bonchev–Trinajstić information content (AvgIpc) is 2.96. The van der Waals surface area contributed by atoms with Crippen molar-refractivity contribution in [3.8, 4) is 11.1 Å². The predicted molar refractivity (Wildman–Crippen MR) is 93.3 cm³/mol. The first-order chi connectivity index (χ1) is 12.1. The van der Waals surface area contributed by atoms with Crippen LogP contribution in [-0.4, -0.2) is 10.3 Å². The van der Waals surface area contributed by atoms with E-state index in [0.29, 0.717) is 6.07 Å². The van der Waals surface area contributed by atoms with E-state index < -0.39 is 51.3 Å². The van der Waals surface area contributed by atoms with Crippen LogP contribution in [0.1, 0.15) is 19.4 Å². The molecule has 0 bridgehead atoms. The highest BCUT2D eigenvalue weighted by Crippen LogP contribution is 2.69. The number of carbonyl (C=O) groups excluding carboxylic acids is 1. The molecule has 3 rings (SSSR count). The largest absolute Gasteiger partial charge is 0.460 e. The third-order valence-electron chi connectivity index (χ3n) is 4.78. The zero-order valence-corrected chi connectivity index (χ0v) is 15.5. The molecule has 138 valence electrons. The van der Waals surface area contributed by atoms with Crippen molar-refractivity contribution < 1.29 is 22.7 Å². The molecule has 1 fully saturated rings. The smallest absolute Gasteiger partial charge is 0.313 e. The maximum Gasteiger partial charge on any atom is 0.313 e. The Labute approximate surface area is 158 Å². The fraction of sp³-hybridized carbons (Fsp3) is 0.316. The Morgan fingerprint density at radius 3 is 2.23 bits per heavy atom. The van der Waals surface area contributed by atoms with Gasteiger partial charge in [0.05, 0.1) is 17.0 Å².